The monoisotopic (exact) mass is 321 g/mol. The van der Waals surface area contributed by atoms with E-state index in [1.165, 1.54) is 4.21 Å². The maximum absolute atomic E-state index is 12.6. The second-order valence-corrected chi connectivity index (χ2v) is 7.76. The first-order valence-corrected chi connectivity index (χ1v) is 9.09. The summed E-state index contributed by atoms with van der Waals surface area (Å²) in [6.45, 7) is 3.75. The molecule has 1 amide bonds. The van der Waals surface area contributed by atoms with Crippen molar-refractivity contribution in [3.8, 4) is 0 Å². The minimum atomic E-state index is 0.166. The zero-order chi connectivity index (χ0) is 14.7. The molecule has 0 radical (unpaired) electrons. The highest BCUT2D eigenvalue weighted by Gasteiger charge is 2.27. The van der Waals surface area contributed by atoms with Gasteiger partial charge in [-0.1, -0.05) is 6.92 Å². The normalized spacial score (nSPS) is 18.9. The smallest absolute Gasteiger partial charge is 0.263 e. The van der Waals surface area contributed by atoms with Gasteiger partial charge in [0.1, 0.15) is 5.82 Å². The maximum atomic E-state index is 12.6. The highest BCUT2D eigenvalue weighted by atomic mass is 32.2. The molecule has 1 aliphatic heterocycles. The molecule has 1 fully saturated rings. The van der Waals surface area contributed by atoms with Crippen LogP contribution < -0.4 is 0 Å². The number of piperidine rings is 1. The van der Waals surface area contributed by atoms with Crippen molar-refractivity contribution < 1.29 is 4.79 Å². The Morgan fingerprint density at radius 3 is 3.24 bits per heavy atom. The van der Waals surface area contributed by atoms with Gasteiger partial charge in [0, 0.05) is 31.4 Å². The molecular weight excluding hydrogens is 302 g/mol. The number of carbonyl (C=O) groups excluding carboxylic acids is 1. The third kappa shape index (κ3) is 3.32. The summed E-state index contributed by atoms with van der Waals surface area (Å²) in [5, 5.41) is 0. The van der Waals surface area contributed by atoms with Crippen LogP contribution in [0.1, 0.15) is 41.2 Å². The molecule has 0 spiro atoms. The topological polar surface area (TPSA) is 49.0 Å². The van der Waals surface area contributed by atoms with Crippen molar-refractivity contribution in [2.75, 3.05) is 18.8 Å². The highest BCUT2D eigenvalue weighted by Crippen LogP contribution is 2.30. The summed E-state index contributed by atoms with van der Waals surface area (Å²) >= 11 is 3.40. The largest absolute Gasteiger partial charge is 0.348 e. The van der Waals surface area contributed by atoms with Crippen LogP contribution in [0.15, 0.2) is 28.7 Å². The molecule has 4 nitrogen and oxygen atoms in total. The van der Waals surface area contributed by atoms with Gasteiger partial charge in [0.15, 0.2) is 0 Å². The van der Waals surface area contributed by atoms with E-state index in [2.05, 4.69) is 23.0 Å². The molecule has 1 aliphatic rings. The lowest BCUT2D eigenvalue weighted by molar-refractivity contribution is 0.0709. The van der Waals surface area contributed by atoms with E-state index in [1.807, 2.05) is 17.2 Å². The predicted molar refractivity (Wildman–Crippen MR) is 87.2 cm³/mol. The molecule has 3 rings (SSSR count). The molecule has 0 bridgehead atoms. The van der Waals surface area contributed by atoms with Crippen molar-refractivity contribution >= 4 is 29.0 Å². The van der Waals surface area contributed by atoms with Gasteiger partial charge in [-0.3, -0.25) is 4.79 Å². The molecular formula is C15H19N3OS2. The molecule has 0 aromatic carbocycles. The lowest BCUT2D eigenvalue weighted by atomic mass is 9.97. The number of hydrogen-bond donors (Lipinski definition) is 1. The minimum Gasteiger partial charge on any atom is -0.348 e. The third-order valence-electron chi connectivity index (χ3n) is 3.69. The second kappa shape index (κ2) is 6.66. The van der Waals surface area contributed by atoms with Gasteiger partial charge in [0.2, 0.25) is 0 Å². The van der Waals surface area contributed by atoms with Crippen LogP contribution in [-0.4, -0.2) is 39.6 Å². The van der Waals surface area contributed by atoms with Gasteiger partial charge in [-0.05, 0) is 30.7 Å². The first-order valence-electron chi connectivity index (χ1n) is 7.29. The van der Waals surface area contributed by atoms with E-state index in [4.69, 9.17) is 0 Å². The molecule has 2 aromatic heterocycles. The molecule has 21 heavy (non-hydrogen) atoms. The standard InChI is InChI=1S/C15H19N3OS2/c1-2-20-13-6-5-12(21-13)15(19)18-9-3-4-11(10-18)14-16-7-8-17-14/h5-8,11H,2-4,9-10H2,1H3,(H,16,17)/t11-/m1/s1. The third-order valence-corrected chi connectivity index (χ3v) is 5.87. The number of aromatic nitrogens is 2. The lowest BCUT2D eigenvalue weighted by Gasteiger charge is -2.31. The number of H-pyrrole nitrogens is 1. The summed E-state index contributed by atoms with van der Waals surface area (Å²) in [6, 6.07) is 4.02. The van der Waals surface area contributed by atoms with Gasteiger partial charge in [-0.25, -0.2) is 4.98 Å². The van der Waals surface area contributed by atoms with Gasteiger partial charge in [0.25, 0.3) is 5.91 Å². The summed E-state index contributed by atoms with van der Waals surface area (Å²) < 4.78 is 1.22. The number of hydrogen-bond acceptors (Lipinski definition) is 4. The fraction of sp³-hybridized carbons (Fsp3) is 0.467. The van der Waals surface area contributed by atoms with Crippen LogP contribution in [0.4, 0.5) is 0 Å². The second-order valence-electron chi connectivity index (χ2n) is 5.12. The molecule has 0 unspecified atom stereocenters. The Bertz CT molecular complexity index is 594. The zero-order valence-electron chi connectivity index (χ0n) is 12.0. The number of aromatic amines is 1. The number of imidazole rings is 1. The van der Waals surface area contributed by atoms with Crippen LogP contribution in [-0.2, 0) is 0 Å². The fourth-order valence-electron chi connectivity index (χ4n) is 2.70. The highest BCUT2D eigenvalue weighted by molar-refractivity contribution is 8.01. The molecule has 0 aliphatic carbocycles. The van der Waals surface area contributed by atoms with E-state index < -0.39 is 0 Å². The minimum absolute atomic E-state index is 0.166. The Hall–Kier alpha value is -1.27. The van der Waals surface area contributed by atoms with Crippen molar-refractivity contribution in [2.24, 2.45) is 0 Å². The van der Waals surface area contributed by atoms with Gasteiger partial charge in [-0.15, -0.1) is 23.1 Å². The van der Waals surface area contributed by atoms with Crippen molar-refractivity contribution in [1.82, 2.24) is 14.9 Å². The average molecular weight is 321 g/mol. The number of carbonyl (C=O) groups is 1. The van der Waals surface area contributed by atoms with Crippen LogP contribution in [0, 0.1) is 0 Å². The average Bonchev–Trinajstić information content (AvgIpc) is 3.18. The number of thioether (sulfide) groups is 1. The number of nitrogens with one attached hydrogen (secondary N) is 1. The van der Waals surface area contributed by atoms with Crippen molar-refractivity contribution in [3.05, 3.63) is 35.2 Å². The van der Waals surface area contributed by atoms with Crippen LogP contribution in [0.5, 0.6) is 0 Å². The van der Waals surface area contributed by atoms with Gasteiger partial charge < -0.3 is 9.88 Å². The summed E-state index contributed by atoms with van der Waals surface area (Å²) in [5.41, 5.74) is 0. The van der Waals surface area contributed by atoms with Crippen molar-refractivity contribution in [1.29, 1.82) is 0 Å². The number of rotatable bonds is 4. The van der Waals surface area contributed by atoms with Crippen LogP contribution in [0.2, 0.25) is 0 Å². The lowest BCUT2D eigenvalue weighted by Crippen LogP contribution is -2.39. The van der Waals surface area contributed by atoms with Gasteiger partial charge in [0.05, 0.1) is 9.09 Å². The molecule has 112 valence electrons. The van der Waals surface area contributed by atoms with Gasteiger partial charge in [-0.2, -0.15) is 0 Å². The summed E-state index contributed by atoms with van der Waals surface area (Å²) in [6.07, 6.45) is 5.77. The van der Waals surface area contributed by atoms with E-state index in [1.54, 1.807) is 29.3 Å². The molecule has 2 aromatic rings. The zero-order valence-corrected chi connectivity index (χ0v) is 13.7. The van der Waals surface area contributed by atoms with E-state index >= 15 is 0 Å². The number of amides is 1. The molecule has 0 saturated carbocycles. The quantitative estimate of drug-likeness (QED) is 0.875. The Kier molecular flexibility index (Phi) is 4.65. The van der Waals surface area contributed by atoms with E-state index in [9.17, 15) is 4.79 Å². The number of nitrogens with zero attached hydrogens (tertiary/aromatic N) is 2. The molecule has 1 N–H and O–H groups in total. The fourth-order valence-corrected chi connectivity index (χ4v) is 4.71. The number of thiophene rings is 1. The van der Waals surface area contributed by atoms with Gasteiger partial charge >= 0.3 is 0 Å². The Morgan fingerprint density at radius 1 is 1.57 bits per heavy atom. The maximum Gasteiger partial charge on any atom is 0.263 e. The van der Waals surface area contributed by atoms with E-state index in [-0.39, 0.29) is 5.91 Å². The molecule has 3 heterocycles. The molecule has 1 saturated heterocycles. The predicted octanol–water partition coefficient (Wildman–Crippen LogP) is 3.60. The summed E-state index contributed by atoms with van der Waals surface area (Å²) in [7, 11) is 0. The first kappa shape index (κ1) is 14.7. The van der Waals surface area contributed by atoms with E-state index in [0.29, 0.717) is 5.92 Å². The van der Waals surface area contributed by atoms with Crippen molar-refractivity contribution in [2.45, 2.75) is 29.9 Å². The van der Waals surface area contributed by atoms with Crippen molar-refractivity contribution in [3.63, 3.8) is 0 Å². The molecule has 1 atom stereocenters. The Balaban J connectivity index is 1.68. The summed E-state index contributed by atoms with van der Waals surface area (Å²) in [4.78, 5) is 23.0. The Morgan fingerprint density at radius 2 is 2.48 bits per heavy atom. The van der Waals surface area contributed by atoms with Crippen LogP contribution in [0.3, 0.4) is 0 Å². The van der Waals surface area contributed by atoms with E-state index in [0.717, 1.165) is 42.4 Å². The summed E-state index contributed by atoms with van der Waals surface area (Å²) in [5.74, 6) is 2.54. The van der Waals surface area contributed by atoms with Crippen LogP contribution in [0.25, 0.3) is 0 Å². The first-order chi connectivity index (χ1) is 10.3. The molecule has 6 heteroatoms. The Labute approximate surface area is 133 Å². The SMILES string of the molecule is CCSc1ccc(C(=O)N2CCC[C@@H](c3ncc[nH]3)C2)s1. The van der Waals surface area contributed by atoms with Crippen LogP contribution >= 0.6 is 23.1 Å². The number of likely N-dealkylation sites (tertiary alicyclic amines) is 1.